The highest BCUT2D eigenvalue weighted by atomic mass is 32.1. The molecule has 2 aromatic heterocycles. The predicted octanol–water partition coefficient (Wildman–Crippen LogP) is 2.55. The van der Waals surface area contributed by atoms with Gasteiger partial charge in [0.25, 0.3) is 0 Å². The molecule has 0 fully saturated rings. The first kappa shape index (κ1) is 17.2. The Labute approximate surface area is 150 Å². The molecule has 0 bridgehead atoms. The Morgan fingerprint density at radius 2 is 1.40 bits per heavy atom. The van der Waals surface area contributed by atoms with E-state index in [2.05, 4.69) is 9.97 Å². The van der Waals surface area contributed by atoms with Gasteiger partial charge in [-0.1, -0.05) is 59.9 Å². The number of aromatic hydroxyl groups is 2. The number of hydrogen-bond donors (Lipinski definition) is 2. The first-order valence-electron chi connectivity index (χ1n) is 7.49. The molecule has 6 nitrogen and oxygen atoms in total. The fraction of sp³-hybridized carbons (Fsp3) is 0.176. The largest absolute Gasteiger partial charge is 0.493 e. The van der Waals surface area contributed by atoms with Crippen LogP contribution in [0.5, 0.6) is 11.8 Å². The van der Waals surface area contributed by atoms with Crippen LogP contribution in [0.3, 0.4) is 0 Å². The van der Waals surface area contributed by atoms with Crippen LogP contribution in [0.25, 0.3) is 10.0 Å². The lowest BCUT2D eigenvalue weighted by atomic mass is 10.1. The molecule has 0 amide bonds. The number of nitrogens with zero attached hydrogens (tertiary/aromatic N) is 2. The third kappa shape index (κ3) is 3.59. The molecule has 0 spiro atoms. The third-order valence-corrected chi connectivity index (χ3v) is 5.54. The van der Waals surface area contributed by atoms with E-state index in [-0.39, 0.29) is 48.8 Å². The molecule has 128 valence electrons. The van der Waals surface area contributed by atoms with E-state index in [0.29, 0.717) is 6.42 Å². The number of rotatable bonds is 4. The van der Waals surface area contributed by atoms with Gasteiger partial charge in [0, 0.05) is 6.42 Å². The molecule has 0 atom stereocenters. The zero-order valence-corrected chi connectivity index (χ0v) is 14.9. The first-order chi connectivity index (χ1) is 12.0. The van der Waals surface area contributed by atoms with Crippen LogP contribution in [0.1, 0.15) is 23.6 Å². The van der Waals surface area contributed by atoms with Crippen molar-refractivity contribution in [3.63, 3.8) is 0 Å². The van der Waals surface area contributed by atoms with Crippen LogP contribution >= 0.6 is 22.7 Å². The van der Waals surface area contributed by atoms with Crippen LogP contribution in [0.2, 0.25) is 0 Å². The van der Waals surface area contributed by atoms with Gasteiger partial charge in [-0.15, -0.1) is 0 Å². The second-order valence-corrected chi connectivity index (χ2v) is 7.16. The van der Waals surface area contributed by atoms with Gasteiger partial charge in [-0.05, 0) is 12.0 Å². The van der Waals surface area contributed by atoms with Gasteiger partial charge in [0.1, 0.15) is 0 Å². The topological polar surface area (TPSA) is 100 Å². The molecule has 1 aromatic carbocycles. The van der Waals surface area contributed by atoms with Crippen molar-refractivity contribution in [3.8, 4) is 21.8 Å². The quantitative estimate of drug-likeness (QED) is 0.728. The summed E-state index contributed by atoms with van der Waals surface area (Å²) in [6, 6.07) is 9.27. The highest BCUT2D eigenvalue weighted by molar-refractivity contribution is 7.19. The summed E-state index contributed by atoms with van der Waals surface area (Å²) < 4.78 is -0.689. The molecule has 0 aliphatic heterocycles. The number of benzene rings is 1. The minimum absolute atomic E-state index is 0.111. The van der Waals surface area contributed by atoms with Gasteiger partial charge in [0.2, 0.25) is 21.2 Å². The minimum atomic E-state index is -0.386. The normalized spacial score (nSPS) is 10.8. The second kappa shape index (κ2) is 7.12. The molecule has 0 aliphatic rings. The maximum absolute atomic E-state index is 12.4. The summed E-state index contributed by atoms with van der Waals surface area (Å²) >= 11 is 1.59. The van der Waals surface area contributed by atoms with E-state index in [4.69, 9.17) is 0 Å². The molecular formula is C17H14N2O4S2. The fourth-order valence-corrected chi connectivity index (χ4v) is 4.07. The van der Waals surface area contributed by atoms with Crippen LogP contribution in [-0.2, 0) is 12.8 Å². The van der Waals surface area contributed by atoms with Crippen LogP contribution in [0.4, 0.5) is 0 Å². The standard InChI is InChI=1S/C17H14N2O4S2/c1-2-10-12(20)18-14(24-16(10)22)15-19-13(21)11(17(23)25-15)8-9-6-4-3-5-7-9/h3-7,20-21H,2,8H2,1H3. The van der Waals surface area contributed by atoms with Crippen molar-refractivity contribution in [3.05, 3.63) is 66.1 Å². The molecule has 25 heavy (non-hydrogen) atoms. The Bertz CT molecular complexity index is 1030. The van der Waals surface area contributed by atoms with Gasteiger partial charge in [-0.25, -0.2) is 0 Å². The van der Waals surface area contributed by atoms with E-state index in [1.165, 1.54) is 0 Å². The Hall–Kier alpha value is -2.58. The summed E-state index contributed by atoms with van der Waals surface area (Å²) in [6.07, 6.45) is 0.623. The van der Waals surface area contributed by atoms with E-state index in [1.54, 1.807) is 6.92 Å². The van der Waals surface area contributed by atoms with Crippen molar-refractivity contribution in [2.45, 2.75) is 19.8 Å². The summed E-state index contributed by atoms with van der Waals surface area (Å²) in [4.78, 5) is 32.3. The third-order valence-electron chi connectivity index (χ3n) is 3.59. The van der Waals surface area contributed by atoms with Crippen molar-refractivity contribution < 1.29 is 10.2 Å². The minimum Gasteiger partial charge on any atom is -0.493 e. The molecule has 3 rings (SSSR count). The van der Waals surface area contributed by atoms with Gasteiger partial charge < -0.3 is 10.2 Å². The van der Waals surface area contributed by atoms with E-state index in [1.807, 2.05) is 30.3 Å². The molecule has 0 unspecified atom stereocenters. The molecular weight excluding hydrogens is 360 g/mol. The van der Waals surface area contributed by atoms with Gasteiger partial charge in [-0.3, -0.25) is 9.59 Å². The van der Waals surface area contributed by atoms with E-state index >= 15 is 0 Å². The summed E-state index contributed by atoms with van der Waals surface area (Å²) in [5.74, 6) is -0.751. The zero-order valence-electron chi connectivity index (χ0n) is 13.2. The lowest BCUT2D eigenvalue weighted by Gasteiger charge is -2.06. The average molecular weight is 374 g/mol. The summed E-state index contributed by atoms with van der Waals surface area (Å²) in [5.41, 5.74) is 1.30. The summed E-state index contributed by atoms with van der Waals surface area (Å²) in [5, 5.41) is 20.2. The predicted molar refractivity (Wildman–Crippen MR) is 97.7 cm³/mol. The lowest BCUT2D eigenvalue weighted by molar-refractivity contribution is 0.445. The van der Waals surface area contributed by atoms with E-state index < -0.39 is 0 Å². The van der Waals surface area contributed by atoms with Crippen molar-refractivity contribution in [1.29, 1.82) is 0 Å². The van der Waals surface area contributed by atoms with Crippen LogP contribution < -0.4 is 9.48 Å². The van der Waals surface area contributed by atoms with E-state index in [9.17, 15) is 19.8 Å². The molecule has 2 N–H and O–H groups in total. The monoisotopic (exact) mass is 374 g/mol. The molecule has 0 saturated heterocycles. The van der Waals surface area contributed by atoms with E-state index in [0.717, 1.165) is 28.2 Å². The smallest absolute Gasteiger partial charge is 0.243 e. The number of aromatic nitrogens is 2. The Morgan fingerprint density at radius 1 is 0.880 bits per heavy atom. The van der Waals surface area contributed by atoms with Crippen molar-refractivity contribution in [2.75, 3.05) is 0 Å². The average Bonchev–Trinajstić information content (AvgIpc) is 2.58. The van der Waals surface area contributed by atoms with Crippen LogP contribution in [-0.4, -0.2) is 20.2 Å². The summed E-state index contributed by atoms with van der Waals surface area (Å²) in [6.45, 7) is 1.74. The number of hydrogen-bond acceptors (Lipinski definition) is 8. The first-order valence-corrected chi connectivity index (χ1v) is 9.13. The van der Waals surface area contributed by atoms with Crippen LogP contribution in [0, 0.1) is 0 Å². The zero-order chi connectivity index (χ0) is 18.0. The van der Waals surface area contributed by atoms with Gasteiger partial charge in [0.15, 0.2) is 10.0 Å². The van der Waals surface area contributed by atoms with Gasteiger partial charge in [-0.2, -0.15) is 9.97 Å². The highest BCUT2D eigenvalue weighted by Gasteiger charge is 2.17. The Kier molecular flexibility index (Phi) is 4.91. The van der Waals surface area contributed by atoms with Crippen molar-refractivity contribution >= 4 is 22.7 Å². The SMILES string of the molecule is CCc1c(O)nc(-c2nc(O)c(Cc3ccccc3)c(=O)s2)sc1=O. The lowest BCUT2D eigenvalue weighted by Crippen LogP contribution is -2.09. The van der Waals surface area contributed by atoms with Crippen molar-refractivity contribution in [2.24, 2.45) is 0 Å². The summed E-state index contributed by atoms with van der Waals surface area (Å²) in [7, 11) is 0. The molecule has 3 aromatic rings. The van der Waals surface area contributed by atoms with Crippen LogP contribution in [0.15, 0.2) is 39.9 Å². The molecule has 0 radical (unpaired) electrons. The molecule has 0 aliphatic carbocycles. The maximum atomic E-state index is 12.4. The van der Waals surface area contributed by atoms with Gasteiger partial charge >= 0.3 is 0 Å². The molecule has 0 saturated carbocycles. The fourth-order valence-electron chi connectivity index (χ4n) is 2.29. The van der Waals surface area contributed by atoms with Crippen molar-refractivity contribution in [1.82, 2.24) is 9.97 Å². The molecule has 2 heterocycles. The van der Waals surface area contributed by atoms with Gasteiger partial charge in [0.05, 0.1) is 11.1 Å². The highest BCUT2D eigenvalue weighted by Crippen LogP contribution is 2.27. The Balaban J connectivity index is 2.03. The molecule has 8 heteroatoms. The Morgan fingerprint density at radius 3 is 1.88 bits per heavy atom. The second-order valence-electron chi connectivity index (χ2n) is 5.23. The maximum Gasteiger partial charge on any atom is 0.243 e.